The molecule has 0 bridgehead atoms. The Morgan fingerprint density at radius 1 is 1.52 bits per heavy atom. The van der Waals surface area contributed by atoms with Crippen LogP contribution in [0.2, 0.25) is 0 Å². The fourth-order valence-electron chi connectivity index (χ4n) is 2.28. The molecule has 1 saturated heterocycles. The third-order valence-corrected chi connectivity index (χ3v) is 3.52. The minimum atomic E-state index is -0.201. The van der Waals surface area contributed by atoms with Gasteiger partial charge in [0.05, 0.1) is 18.8 Å². The zero-order chi connectivity index (χ0) is 15.4. The number of rotatable bonds is 4. The molecule has 1 aliphatic heterocycles. The van der Waals surface area contributed by atoms with Crippen LogP contribution in [0.3, 0.4) is 0 Å². The van der Waals surface area contributed by atoms with Crippen LogP contribution >= 0.6 is 0 Å². The molecule has 1 N–H and O–H groups in total. The predicted octanol–water partition coefficient (Wildman–Crippen LogP) is 0.591. The zero-order valence-electron chi connectivity index (χ0n) is 12.5. The van der Waals surface area contributed by atoms with Crippen molar-refractivity contribution in [3.63, 3.8) is 0 Å². The number of methoxy groups -OCH3 is 1. The highest BCUT2D eigenvalue weighted by Gasteiger charge is 2.24. The van der Waals surface area contributed by atoms with E-state index < -0.39 is 0 Å². The molecule has 0 saturated carbocycles. The maximum absolute atomic E-state index is 12.3. The maximum Gasteiger partial charge on any atom is 0.255 e. The van der Waals surface area contributed by atoms with Gasteiger partial charge in [-0.3, -0.25) is 9.59 Å². The lowest BCUT2D eigenvalue weighted by molar-refractivity contribution is -0.146. The van der Waals surface area contributed by atoms with Crippen molar-refractivity contribution in [2.75, 3.05) is 33.9 Å². The largest absolute Gasteiger partial charge is 0.496 e. The summed E-state index contributed by atoms with van der Waals surface area (Å²) in [5.41, 5.74) is 1.38. The maximum atomic E-state index is 12.3. The molecular formula is C15H20N2O4. The summed E-state index contributed by atoms with van der Waals surface area (Å²) >= 11 is 0. The quantitative estimate of drug-likeness (QED) is 0.882. The highest BCUT2D eigenvalue weighted by Crippen LogP contribution is 2.21. The Kier molecular flexibility index (Phi) is 4.80. The van der Waals surface area contributed by atoms with Crippen molar-refractivity contribution in [3.05, 3.63) is 29.3 Å². The first-order chi connectivity index (χ1) is 10.0. The SMILES string of the molecule is COc1cccc(C)c1C(=O)NCC1CN(C)C(=O)CO1. The lowest BCUT2D eigenvalue weighted by Crippen LogP contribution is -2.48. The van der Waals surface area contributed by atoms with Crippen LogP contribution in [0.25, 0.3) is 0 Å². The number of likely N-dealkylation sites (N-methyl/N-ethyl adjacent to an activating group) is 1. The summed E-state index contributed by atoms with van der Waals surface area (Å²) in [6, 6.07) is 5.46. The highest BCUT2D eigenvalue weighted by atomic mass is 16.5. The van der Waals surface area contributed by atoms with Crippen molar-refractivity contribution in [1.29, 1.82) is 0 Å². The van der Waals surface area contributed by atoms with Crippen LogP contribution in [0.1, 0.15) is 15.9 Å². The number of hydrogen-bond donors (Lipinski definition) is 1. The van der Waals surface area contributed by atoms with Gasteiger partial charge in [-0.15, -0.1) is 0 Å². The van der Waals surface area contributed by atoms with Crippen molar-refractivity contribution in [3.8, 4) is 5.75 Å². The molecule has 0 aromatic heterocycles. The molecule has 6 nitrogen and oxygen atoms in total. The van der Waals surface area contributed by atoms with E-state index >= 15 is 0 Å². The summed E-state index contributed by atoms with van der Waals surface area (Å²) in [7, 11) is 3.26. The zero-order valence-corrected chi connectivity index (χ0v) is 12.5. The Labute approximate surface area is 124 Å². The van der Waals surface area contributed by atoms with Gasteiger partial charge in [0.2, 0.25) is 5.91 Å². The van der Waals surface area contributed by atoms with Gasteiger partial charge in [-0.2, -0.15) is 0 Å². The average molecular weight is 292 g/mol. The predicted molar refractivity (Wildman–Crippen MR) is 77.4 cm³/mol. The Morgan fingerprint density at radius 3 is 2.95 bits per heavy atom. The van der Waals surface area contributed by atoms with Gasteiger partial charge < -0.3 is 19.7 Å². The van der Waals surface area contributed by atoms with Crippen LogP contribution in [-0.2, 0) is 9.53 Å². The number of benzene rings is 1. The third kappa shape index (κ3) is 3.52. The van der Waals surface area contributed by atoms with Gasteiger partial charge in [0.1, 0.15) is 12.4 Å². The van der Waals surface area contributed by atoms with Gasteiger partial charge in [-0.1, -0.05) is 12.1 Å². The fraction of sp³-hybridized carbons (Fsp3) is 0.467. The van der Waals surface area contributed by atoms with Crippen LogP contribution in [0.15, 0.2) is 18.2 Å². The Balaban J connectivity index is 1.98. The van der Waals surface area contributed by atoms with E-state index in [1.165, 1.54) is 7.11 Å². The van der Waals surface area contributed by atoms with Crippen molar-refractivity contribution in [2.24, 2.45) is 0 Å². The van der Waals surface area contributed by atoms with Crippen molar-refractivity contribution >= 4 is 11.8 Å². The average Bonchev–Trinajstić information content (AvgIpc) is 2.47. The highest BCUT2D eigenvalue weighted by molar-refractivity contribution is 5.98. The number of amides is 2. The Hall–Kier alpha value is -2.08. The van der Waals surface area contributed by atoms with Gasteiger partial charge in [0, 0.05) is 20.1 Å². The van der Waals surface area contributed by atoms with E-state index in [1.807, 2.05) is 19.1 Å². The molecule has 0 aliphatic carbocycles. The molecule has 0 spiro atoms. The van der Waals surface area contributed by atoms with Crippen LogP contribution in [-0.4, -0.2) is 56.7 Å². The minimum Gasteiger partial charge on any atom is -0.496 e. The number of ether oxygens (including phenoxy) is 2. The third-order valence-electron chi connectivity index (χ3n) is 3.52. The van der Waals surface area contributed by atoms with E-state index in [0.717, 1.165) is 5.56 Å². The molecule has 1 heterocycles. The number of nitrogens with one attached hydrogen (secondary N) is 1. The number of morpholine rings is 1. The van der Waals surface area contributed by atoms with Gasteiger partial charge >= 0.3 is 0 Å². The number of nitrogens with zero attached hydrogens (tertiary/aromatic N) is 1. The summed E-state index contributed by atoms with van der Waals surface area (Å²) in [6.45, 7) is 2.75. The van der Waals surface area contributed by atoms with Gasteiger partial charge in [-0.25, -0.2) is 0 Å². The monoisotopic (exact) mass is 292 g/mol. The standard InChI is InChI=1S/C15H20N2O4/c1-10-5-4-6-12(20-3)14(10)15(19)16-7-11-8-17(2)13(18)9-21-11/h4-6,11H,7-9H2,1-3H3,(H,16,19). The van der Waals surface area contributed by atoms with Crippen LogP contribution in [0.5, 0.6) is 5.75 Å². The second-order valence-electron chi connectivity index (χ2n) is 5.07. The van der Waals surface area contributed by atoms with Crippen molar-refractivity contribution in [2.45, 2.75) is 13.0 Å². The Morgan fingerprint density at radius 2 is 2.29 bits per heavy atom. The van der Waals surface area contributed by atoms with E-state index in [1.54, 1.807) is 18.0 Å². The molecular weight excluding hydrogens is 272 g/mol. The topological polar surface area (TPSA) is 67.9 Å². The van der Waals surface area contributed by atoms with Crippen LogP contribution in [0, 0.1) is 6.92 Å². The second-order valence-corrected chi connectivity index (χ2v) is 5.07. The molecule has 0 radical (unpaired) electrons. The van der Waals surface area contributed by atoms with E-state index in [2.05, 4.69) is 5.32 Å². The number of carbonyl (C=O) groups excluding carboxylic acids is 2. The number of carbonyl (C=O) groups is 2. The number of aryl methyl sites for hydroxylation is 1. The normalized spacial score (nSPS) is 18.5. The number of hydrogen-bond acceptors (Lipinski definition) is 4. The van der Waals surface area contributed by atoms with E-state index in [-0.39, 0.29) is 24.5 Å². The van der Waals surface area contributed by atoms with Gasteiger partial charge in [-0.05, 0) is 18.6 Å². The van der Waals surface area contributed by atoms with E-state index in [4.69, 9.17) is 9.47 Å². The van der Waals surface area contributed by atoms with Gasteiger partial charge in [0.25, 0.3) is 5.91 Å². The molecule has 21 heavy (non-hydrogen) atoms. The van der Waals surface area contributed by atoms with E-state index in [9.17, 15) is 9.59 Å². The molecule has 1 unspecified atom stereocenters. The molecule has 1 fully saturated rings. The summed E-state index contributed by atoms with van der Waals surface area (Å²) in [5, 5.41) is 2.84. The van der Waals surface area contributed by atoms with Crippen LogP contribution < -0.4 is 10.1 Å². The molecule has 2 amide bonds. The molecule has 1 aliphatic rings. The first kappa shape index (κ1) is 15.3. The summed E-state index contributed by atoms with van der Waals surface area (Å²) in [6.07, 6.45) is -0.188. The van der Waals surface area contributed by atoms with Crippen molar-refractivity contribution < 1.29 is 19.1 Å². The minimum absolute atomic E-state index is 0.0434. The van der Waals surface area contributed by atoms with Crippen molar-refractivity contribution in [1.82, 2.24) is 10.2 Å². The first-order valence-corrected chi connectivity index (χ1v) is 6.80. The Bertz CT molecular complexity index is 544. The second kappa shape index (κ2) is 6.58. The molecule has 1 aromatic carbocycles. The lowest BCUT2D eigenvalue weighted by atomic mass is 10.1. The van der Waals surface area contributed by atoms with E-state index in [0.29, 0.717) is 24.4 Å². The molecule has 1 atom stereocenters. The lowest BCUT2D eigenvalue weighted by Gasteiger charge is -2.30. The van der Waals surface area contributed by atoms with Crippen LogP contribution in [0.4, 0.5) is 0 Å². The summed E-state index contributed by atoms with van der Waals surface area (Å²) < 4.78 is 10.6. The molecule has 6 heteroatoms. The first-order valence-electron chi connectivity index (χ1n) is 6.80. The summed E-state index contributed by atoms with van der Waals surface area (Å²) in [4.78, 5) is 25.2. The molecule has 1 aromatic rings. The fourth-order valence-corrected chi connectivity index (χ4v) is 2.28. The molecule has 114 valence electrons. The van der Waals surface area contributed by atoms with Gasteiger partial charge in [0.15, 0.2) is 0 Å². The summed E-state index contributed by atoms with van der Waals surface area (Å²) in [5.74, 6) is 0.301. The smallest absolute Gasteiger partial charge is 0.255 e. The molecule has 2 rings (SSSR count).